The lowest BCUT2D eigenvalue weighted by molar-refractivity contribution is -0.148. The molecule has 1 aromatic heterocycles. The van der Waals surface area contributed by atoms with Gasteiger partial charge in [0.2, 0.25) is 17.7 Å². The number of fused-ring (bicyclic) bond motifs is 2. The van der Waals surface area contributed by atoms with Gasteiger partial charge in [-0.1, -0.05) is 61.5 Å². The van der Waals surface area contributed by atoms with E-state index in [0.29, 0.717) is 53.6 Å². The second-order valence-corrected chi connectivity index (χ2v) is 22.1. The molecular formula is C50H61FN5O8PS. The topological polar surface area (TPSA) is 147 Å². The fraction of sp³-hybridized carbons (Fsp3) is 0.520. The smallest absolute Gasteiger partial charge is 0.355 e. The third kappa shape index (κ3) is 9.69. The number of halogens is 1. The number of hydrogen-bond acceptors (Lipinski definition) is 10. The van der Waals surface area contributed by atoms with E-state index in [4.69, 9.17) is 14.0 Å². The first-order valence-corrected chi connectivity index (χ1v) is 26.1. The van der Waals surface area contributed by atoms with E-state index in [0.717, 1.165) is 45.3 Å². The van der Waals surface area contributed by atoms with Gasteiger partial charge in [0.25, 0.3) is 5.91 Å². The SMILES string of the molecule is CCCOC(=O)[C@H](C)NP(=O)(Oc1ccccc1)[C@@H](F)c1ccc2sc(C(=O)NC3CC[C@H](N(C)C[C@H]4CCO4)C[C@H]4CC[C@@H](C(=O)N5C[C@H](c6ccccc6)CC56CC6)N4C3=O)cc2c1. The van der Waals surface area contributed by atoms with Crippen LogP contribution in [0.25, 0.3) is 10.1 Å². The normalized spacial score (nSPS) is 26.5. The number of benzene rings is 3. The molecular weight excluding hydrogens is 881 g/mol. The van der Waals surface area contributed by atoms with E-state index in [9.17, 15) is 23.7 Å². The lowest BCUT2D eigenvalue weighted by Gasteiger charge is -2.42. The molecule has 4 aromatic rings. The molecule has 1 spiro atoms. The first kappa shape index (κ1) is 46.5. The van der Waals surface area contributed by atoms with Crippen molar-refractivity contribution in [2.45, 2.75) is 132 Å². The van der Waals surface area contributed by atoms with Gasteiger partial charge in [-0.3, -0.25) is 23.7 Å². The van der Waals surface area contributed by atoms with Gasteiger partial charge < -0.3 is 34.0 Å². The van der Waals surface area contributed by atoms with Crippen LogP contribution < -0.4 is 14.9 Å². The molecule has 4 aliphatic heterocycles. The summed E-state index contributed by atoms with van der Waals surface area (Å²) in [7, 11) is -2.36. The molecule has 352 valence electrons. The number of hydrogen-bond donors (Lipinski definition) is 2. The Morgan fingerprint density at radius 3 is 2.44 bits per heavy atom. The standard InChI is InChI=1S/C50H61FN5O8PS/c1-4-24-63-49(60)32(2)53-65(61,64-39-13-9-6-10-14-39)45(51)34-15-20-43-35(26-34)27-44(66-43)46(57)52-41-18-16-37(54(3)31-40-21-25-62-40)28-38-17-19-42(56(38)47(41)58)48(59)55-30-36(29-50(55)22-23-50)33-11-7-5-8-12-33/h5-15,20,26-27,32,36-38,40-42,45H,4,16-19,21-25,28-31H2,1-3H3,(H,52,57)(H,53,61)/t32-,36+,37-,38+,40+,41?,42-,45+,65?/m0/s1. The van der Waals surface area contributed by atoms with Crippen molar-refractivity contribution in [3.63, 3.8) is 0 Å². The van der Waals surface area contributed by atoms with Gasteiger partial charge in [-0.25, -0.2) is 9.48 Å². The summed E-state index contributed by atoms with van der Waals surface area (Å²) in [5.41, 5.74) is 1.11. The average molecular weight is 942 g/mol. The molecule has 2 N–H and O–H groups in total. The minimum atomic E-state index is -4.47. The number of thiophene rings is 1. The zero-order chi connectivity index (χ0) is 46.2. The molecule has 2 unspecified atom stereocenters. The zero-order valence-electron chi connectivity index (χ0n) is 37.9. The second-order valence-electron chi connectivity index (χ2n) is 19.0. The highest BCUT2D eigenvalue weighted by molar-refractivity contribution is 7.57. The van der Waals surface area contributed by atoms with Crippen LogP contribution in [0, 0.1) is 0 Å². The van der Waals surface area contributed by atoms with Crippen molar-refractivity contribution in [3.05, 3.63) is 101 Å². The molecule has 3 amide bonds. The Balaban J connectivity index is 0.949. The molecule has 5 aliphatic rings. The molecule has 5 heterocycles. The number of amides is 3. The molecule has 13 nitrogen and oxygen atoms in total. The second kappa shape index (κ2) is 19.5. The van der Waals surface area contributed by atoms with Crippen molar-refractivity contribution in [2.24, 2.45) is 0 Å². The molecule has 3 aromatic carbocycles. The van der Waals surface area contributed by atoms with E-state index >= 15 is 4.39 Å². The number of carbonyl (C=O) groups excluding carboxylic acids is 4. The van der Waals surface area contributed by atoms with E-state index in [2.05, 4.69) is 39.4 Å². The maximum absolute atomic E-state index is 16.7. The number of alkyl halides is 1. The number of carbonyl (C=O) groups is 4. The predicted octanol–water partition coefficient (Wildman–Crippen LogP) is 8.35. The summed E-state index contributed by atoms with van der Waals surface area (Å²) in [5, 5.41) is 6.24. The van der Waals surface area contributed by atoms with Crippen LogP contribution in [0.3, 0.4) is 0 Å². The number of esters is 1. The van der Waals surface area contributed by atoms with Crippen LogP contribution in [0.5, 0.6) is 5.75 Å². The van der Waals surface area contributed by atoms with Gasteiger partial charge in [-0.05, 0) is 125 Å². The van der Waals surface area contributed by atoms with Gasteiger partial charge in [-0.15, -0.1) is 11.3 Å². The number of para-hydroxylation sites is 1. The van der Waals surface area contributed by atoms with Crippen LogP contribution in [0.15, 0.2) is 84.9 Å². The molecule has 0 radical (unpaired) electrons. The number of likely N-dealkylation sites (N-methyl/N-ethyl adjacent to an activating group) is 1. The fourth-order valence-corrected chi connectivity index (χ4v) is 13.4. The first-order chi connectivity index (χ1) is 31.8. The molecule has 0 bridgehead atoms. The maximum atomic E-state index is 16.7. The summed E-state index contributed by atoms with van der Waals surface area (Å²) in [6.45, 7) is 5.63. The number of ether oxygens (including phenoxy) is 2. The van der Waals surface area contributed by atoms with Crippen LogP contribution in [-0.4, -0.2) is 114 Å². The fourth-order valence-electron chi connectivity index (χ4n) is 10.5. The highest BCUT2D eigenvalue weighted by Crippen LogP contribution is 2.58. The van der Waals surface area contributed by atoms with Crippen LogP contribution in [0.1, 0.15) is 111 Å². The number of nitrogens with one attached hydrogen (secondary N) is 2. The van der Waals surface area contributed by atoms with Crippen LogP contribution in [0.4, 0.5) is 4.39 Å². The first-order valence-electron chi connectivity index (χ1n) is 23.6. The molecule has 4 saturated heterocycles. The van der Waals surface area contributed by atoms with Crippen molar-refractivity contribution >= 4 is 52.6 Å². The van der Waals surface area contributed by atoms with E-state index in [-0.39, 0.29) is 59.4 Å². The molecule has 1 saturated carbocycles. The van der Waals surface area contributed by atoms with Gasteiger partial charge >= 0.3 is 13.5 Å². The van der Waals surface area contributed by atoms with Crippen molar-refractivity contribution in [1.82, 2.24) is 25.1 Å². The third-order valence-electron chi connectivity index (χ3n) is 14.4. The maximum Gasteiger partial charge on any atom is 0.355 e. The van der Waals surface area contributed by atoms with E-state index in [1.54, 1.807) is 42.5 Å². The van der Waals surface area contributed by atoms with Gasteiger partial charge in [0.1, 0.15) is 23.9 Å². The van der Waals surface area contributed by atoms with Gasteiger partial charge in [-0.2, -0.15) is 0 Å². The predicted molar refractivity (Wildman–Crippen MR) is 251 cm³/mol. The minimum Gasteiger partial charge on any atom is -0.465 e. The number of nitrogens with zero attached hydrogens (tertiary/aromatic N) is 3. The Bertz CT molecular complexity index is 2450. The molecule has 9 rings (SSSR count). The van der Waals surface area contributed by atoms with E-state index in [1.807, 2.05) is 30.0 Å². The molecule has 1 aliphatic carbocycles. The minimum absolute atomic E-state index is 0.0199. The summed E-state index contributed by atoms with van der Waals surface area (Å²) >= 11 is 1.21. The van der Waals surface area contributed by atoms with Gasteiger partial charge in [0.15, 0.2) is 0 Å². The number of rotatable bonds is 16. The highest BCUT2D eigenvalue weighted by atomic mass is 32.1. The van der Waals surface area contributed by atoms with E-state index in [1.165, 1.54) is 36.0 Å². The lowest BCUT2D eigenvalue weighted by Crippen LogP contribution is -2.59. The molecule has 66 heavy (non-hydrogen) atoms. The summed E-state index contributed by atoms with van der Waals surface area (Å²) in [5.74, 6) is -3.12. The molecule has 5 fully saturated rings. The van der Waals surface area contributed by atoms with Gasteiger partial charge in [0, 0.05) is 47.9 Å². The lowest BCUT2D eigenvalue weighted by atomic mass is 9.93. The van der Waals surface area contributed by atoms with Crippen LogP contribution in [0.2, 0.25) is 0 Å². The highest BCUT2D eigenvalue weighted by Gasteiger charge is 2.58. The van der Waals surface area contributed by atoms with Crippen molar-refractivity contribution in [3.8, 4) is 5.75 Å². The molecule has 9 atom stereocenters. The van der Waals surface area contributed by atoms with Crippen molar-refractivity contribution < 1.29 is 42.1 Å². The van der Waals surface area contributed by atoms with Crippen molar-refractivity contribution in [1.29, 1.82) is 0 Å². The largest absolute Gasteiger partial charge is 0.465 e. The van der Waals surface area contributed by atoms with Crippen LogP contribution in [-0.2, 0) is 28.4 Å². The Morgan fingerprint density at radius 1 is 1.00 bits per heavy atom. The van der Waals surface area contributed by atoms with Crippen molar-refractivity contribution in [2.75, 3.05) is 33.4 Å². The summed E-state index contributed by atoms with van der Waals surface area (Å²) in [4.78, 5) is 63.3. The summed E-state index contributed by atoms with van der Waals surface area (Å²) < 4.78 is 48.7. The van der Waals surface area contributed by atoms with E-state index < -0.39 is 43.4 Å². The summed E-state index contributed by atoms with van der Waals surface area (Å²) in [6, 6.07) is 22.3. The quantitative estimate of drug-likeness (QED) is 0.0831. The Hall–Kier alpha value is -4.66. The Labute approximate surface area is 390 Å². The summed E-state index contributed by atoms with van der Waals surface area (Å²) in [6.07, 6.45) is 7.74. The molecule has 16 heteroatoms. The zero-order valence-corrected chi connectivity index (χ0v) is 39.7. The van der Waals surface area contributed by atoms with Crippen LogP contribution >= 0.6 is 18.9 Å². The van der Waals surface area contributed by atoms with Gasteiger partial charge in [0.05, 0.1) is 17.6 Å². The third-order valence-corrected chi connectivity index (χ3v) is 17.6. The Morgan fingerprint density at radius 2 is 1.74 bits per heavy atom. The average Bonchev–Trinajstić information content (AvgIpc) is 3.58. The number of likely N-dealkylation sites (tertiary alicyclic amines) is 1. The Kier molecular flexibility index (Phi) is 13.7. The monoisotopic (exact) mass is 941 g/mol.